The number of nitrogens with zero attached hydrogens (tertiary/aromatic N) is 1. The Labute approximate surface area is 195 Å². The standard InChI is InChI=1S/C13H16FNO2.C12H19N3O/c1-13(2,3)7-12(17)15-11-5-4-9(8-16)6-10(11)14;1-12(2,14)10(16)6-5-9-15-8-4-3-7-11(15)13/h4-6,8H,7H2,1-3H3,(H,15,17);4-6,8,13H,3,7,9,14H2,1-2H3/b;6-5-,13-11?. The normalized spacial score (nSPS) is 14.0. The maximum absolute atomic E-state index is 13.5. The quantitative estimate of drug-likeness (QED) is 0.412. The van der Waals surface area contributed by atoms with E-state index in [1.807, 2.05) is 37.9 Å². The SMILES string of the molecule is CC(C)(C)CC(=O)Nc1ccc(C=O)cc1F.CC(C)(N)C(=O)/C=C\CN1C=CCCC1=N. The summed E-state index contributed by atoms with van der Waals surface area (Å²) in [6.07, 6.45) is 9.71. The zero-order valence-corrected chi connectivity index (χ0v) is 20.1. The summed E-state index contributed by atoms with van der Waals surface area (Å²) in [4.78, 5) is 35.3. The van der Waals surface area contributed by atoms with Crippen molar-refractivity contribution in [3.63, 3.8) is 0 Å². The van der Waals surface area contributed by atoms with Crippen molar-refractivity contribution in [1.82, 2.24) is 4.90 Å². The first-order valence-electron chi connectivity index (χ1n) is 10.8. The lowest BCUT2D eigenvalue weighted by Crippen LogP contribution is -2.40. The van der Waals surface area contributed by atoms with Gasteiger partial charge in [-0.25, -0.2) is 4.39 Å². The average molecular weight is 459 g/mol. The number of nitrogens with one attached hydrogen (secondary N) is 2. The van der Waals surface area contributed by atoms with E-state index in [0.29, 0.717) is 25.1 Å². The van der Waals surface area contributed by atoms with Gasteiger partial charge in [0, 0.05) is 31.1 Å². The van der Waals surface area contributed by atoms with Crippen molar-refractivity contribution in [2.24, 2.45) is 11.1 Å². The van der Waals surface area contributed by atoms with E-state index in [-0.39, 0.29) is 28.4 Å². The molecule has 1 heterocycles. The molecule has 1 aliphatic heterocycles. The number of benzene rings is 1. The molecule has 180 valence electrons. The maximum Gasteiger partial charge on any atom is 0.224 e. The van der Waals surface area contributed by atoms with Gasteiger partial charge < -0.3 is 16.0 Å². The molecule has 1 amide bonds. The zero-order valence-electron chi connectivity index (χ0n) is 20.1. The van der Waals surface area contributed by atoms with Crippen molar-refractivity contribution in [3.05, 3.63) is 54.0 Å². The van der Waals surface area contributed by atoms with Gasteiger partial charge in [0.25, 0.3) is 0 Å². The van der Waals surface area contributed by atoms with Gasteiger partial charge in [-0.3, -0.25) is 19.8 Å². The maximum atomic E-state index is 13.5. The zero-order chi connectivity index (χ0) is 25.2. The van der Waals surface area contributed by atoms with Crippen LogP contribution in [0, 0.1) is 16.6 Å². The molecule has 1 aromatic carbocycles. The summed E-state index contributed by atoms with van der Waals surface area (Å²) in [6.45, 7) is 9.71. The summed E-state index contributed by atoms with van der Waals surface area (Å²) in [7, 11) is 0. The van der Waals surface area contributed by atoms with Crippen molar-refractivity contribution < 1.29 is 18.8 Å². The number of nitrogens with two attached hydrogens (primary N) is 1. The van der Waals surface area contributed by atoms with Crippen molar-refractivity contribution in [2.45, 2.75) is 59.4 Å². The average Bonchev–Trinajstić information content (AvgIpc) is 2.69. The molecule has 1 aromatic rings. The summed E-state index contributed by atoms with van der Waals surface area (Å²) in [5, 5.41) is 10.2. The minimum Gasteiger partial charge on any atom is -0.333 e. The number of halogens is 1. The number of amides is 1. The number of carbonyl (C=O) groups is 3. The molecule has 0 bridgehead atoms. The first kappa shape index (κ1) is 27.9. The van der Waals surface area contributed by atoms with E-state index in [1.165, 1.54) is 18.2 Å². The summed E-state index contributed by atoms with van der Waals surface area (Å²) in [5.41, 5.74) is 5.04. The van der Waals surface area contributed by atoms with E-state index < -0.39 is 11.4 Å². The van der Waals surface area contributed by atoms with Crippen molar-refractivity contribution in [1.29, 1.82) is 5.41 Å². The molecule has 0 fully saturated rings. The summed E-state index contributed by atoms with van der Waals surface area (Å²) in [6, 6.07) is 3.95. The Morgan fingerprint density at radius 3 is 2.42 bits per heavy atom. The Kier molecular flexibility index (Phi) is 10.3. The van der Waals surface area contributed by atoms with Gasteiger partial charge in [-0.05, 0) is 50.0 Å². The van der Waals surface area contributed by atoms with Crippen LogP contribution in [0.2, 0.25) is 0 Å². The molecule has 8 heteroatoms. The summed E-state index contributed by atoms with van der Waals surface area (Å²) < 4.78 is 13.5. The number of carbonyl (C=O) groups excluding carboxylic acids is 3. The molecule has 0 saturated carbocycles. The molecule has 1 aliphatic rings. The number of hydrogen-bond acceptors (Lipinski definition) is 5. The molecule has 0 spiro atoms. The van der Waals surface area contributed by atoms with E-state index in [0.717, 1.165) is 18.9 Å². The van der Waals surface area contributed by atoms with Gasteiger partial charge >= 0.3 is 0 Å². The third-order valence-corrected chi connectivity index (χ3v) is 4.48. The third-order valence-electron chi connectivity index (χ3n) is 4.48. The molecule has 4 N–H and O–H groups in total. The van der Waals surface area contributed by atoms with Gasteiger partial charge in [0.2, 0.25) is 5.91 Å². The monoisotopic (exact) mass is 458 g/mol. The lowest BCUT2D eigenvalue weighted by molar-refractivity contribution is -0.118. The molecular weight excluding hydrogens is 423 g/mol. The lowest BCUT2D eigenvalue weighted by atomic mass is 9.92. The predicted molar refractivity (Wildman–Crippen MR) is 130 cm³/mol. The molecule has 0 atom stereocenters. The van der Waals surface area contributed by atoms with Crippen LogP contribution in [0.15, 0.2) is 42.6 Å². The van der Waals surface area contributed by atoms with Gasteiger partial charge in [0.05, 0.1) is 11.2 Å². The van der Waals surface area contributed by atoms with Crippen molar-refractivity contribution >= 4 is 29.5 Å². The number of hydrogen-bond donors (Lipinski definition) is 3. The highest BCUT2D eigenvalue weighted by molar-refractivity contribution is 5.97. The second-order valence-corrected chi connectivity index (χ2v) is 9.65. The number of aldehydes is 1. The molecule has 0 aromatic heterocycles. The highest BCUT2D eigenvalue weighted by Crippen LogP contribution is 2.21. The number of anilines is 1. The van der Waals surface area contributed by atoms with Crippen LogP contribution in [-0.4, -0.2) is 40.8 Å². The van der Waals surface area contributed by atoms with Crippen LogP contribution < -0.4 is 11.1 Å². The van der Waals surface area contributed by atoms with Crippen molar-refractivity contribution in [2.75, 3.05) is 11.9 Å². The fraction of sp³-hybridized carbons (Fsp3) is 0.440. The van der Waals surface area contributed by atoms with Gasteiger partial charge in [0.1, 0.15) is 17.9 Å². The Bertz CT molecular complexity index is 925. The van der Waals surface area contributed by atoms with Crippen molar-refractivity contribution in [3.8, 4) is 0 Å². The molecule has 2 rings (SSSR count). The topological polar surface area (TPSA) is 116 Å². The van der Waals surface area contributed by atoms with E-state index in [9.17, 15) is 18.8 Å². The number of allylic oxidation sites excluding steroid dienone is 1. The van der Waals surface area contributed by atoms with Crippen LogP contribution >= 0.6 is 0 Å². The fourth-order valence-corrected chi connectivity index (χ4v) is 2.70. The predicted octanol–water partition coefficient (Wildman–Crippen LogP) is 4.45. The molecule has 0 radical (unpaired) electrons. The first-order chi connectivity index (χ1) is 15.2. The summed E-state index contributed by atoms with van der Waals surface area (Å²) in [5.74, 6) is -0.348. The van der Waals surface area contributed by atoms with Gasteiger partial charge in [-0.15, -0.1) is 0 Å². The Morgan fingerprint density at radius 2 is 1.91 bits per heavy atom. The highest BCUT2D eigenvalue weighted by atomic mass is 19.1. The van der Waals surface area contributed by atoms with Crippen LogP contribution in [0.1, 0.15) is 64.2 Å². The van der Waals surface area contributed by atoms with E-state index in [2.05, 4.69) is 5.32 Å². The summed E-state index contributed by atoms with van der Waals surface area (Å²) >= 11 is 0. The molecule has 7 nitrogen and oxygen atoms in total. The van der Waals surface area contributed by atoms with Gasteiger partial charge in [0.15, 0.2) is 5.78 Å². The third kappa shape index (κ3) is 10.8. The van der Waals surface area contributed by atoms with E-state index >= 15 is 0 Å². The van der Waals surface area contributed by atoms with Gasteiger partial charge in [-0.1, -0.05) is 32.9 Å². The molecule has 33 heavy (non-hydrogen) atoms. The van der Waals surface area contributed by atoms with Crippen LogP contribution in [0.25, 0.3) is 0 Å². The van der Waals surface area contributed by atoms with E-state index in [1.54, 1.807) is 19.9 Å². The van der Waals surface area contributed by atoms with Crippen LogP contribution in [0.3, 0.4) is 0 Å². The number of rotatable bonds is 7. The number of amidine groups is 1. The van der Waals surface area contributed by atoms with E-state index in [4.69, 9.17) is 11.1 Å². The Hall–Kier alpha value is -3.13. The van der Waals surface area contributed by atoms with Gasteiger partial charge in [-0.2, -0.15) is 0 Å². The minimum atomic E-state index is -0.818. The van der Waals surface area contributed by atoms with Crippen LogP contribution in [0.4, 0.5) is 10.1 Å². The van der Waals surface area contributed by atoms with Crippen LogP contribution in [-0.2, 0) is 9.59 Å². The molecule has 0 aliphatic carbocycles. The Morgan fingerprint density at radius 1 is 1.24 bits per heavy atom. The van der Waals surface area contributed by atoms with Crippen LogP contribution in [0.5, 0.6) is 0 Å². The fourth-order valence-electron chi connectivity index (χ4n) is 2.70. The first-order valence-corrected chi connectivity index (χ1v) is 10.8. The molecular formula is C25H35FN4O3. The lowest BCUT2D eigenvalue weighted by Gasteiger charge is -2.22. The highest BCUT2D eigenvalue weighted by Gasteiger charge is 2.19. The Balaban J connectivity index is 0.000000331. The number of ketones is 1. The minimum absolute atomic E-state index is 0.0972. The largest absolute Gasteiger partial charge is 0.333 e. The second-order valence-electron chi connectivity index (χ2n) is 9.65. The molecule has 0 saturated heterocycles. The second kappa shape index (κ2) is 12.2. The molecule has 0 unspecified atom stereocenters. The smallest absolute Gasteiger partial charge is 0.224 e.